The third-order valence-electron chi connectivity index (χ3n) is 7.41. The average molecular weight is 486 g/mol. The molecule has 4 rings (SSSR count). The molecule has 6 nitrogen and oxygen atoms in total. The lowest BCUT2D eigenvalue weighted by atomic mass is 9.86. The zero-order valence-electron chi connectivity index (χ0n) is 20.5. The molecule has 0 radical (unpaired) electrons. The van der Waals surface area contributed by atoms with Crippen molar-refractivity contribution in [3.05, 3.63) is 52.0 Å². The number of benzene rings is 2. The van der Waals surface area contributed by atoms with Gasteiger partial charge in [0.1, 0.15) is 11.5 Å². The molecule has 2 aliphatic rings. The van der Waals surface area contributed by atoms with Crippen molar-refractivity contribution >= 4 is 23.2 Å². The number of anilines is 1. The molecule has 2 atom stereocenters. The van der Waals surface area contributed by atoms with Crippen LogP contribution in [-0.4, -0.2) is 50.2 Å². The van der Waals surface area contributed by atoms with Gasteiger partial charge in [0.05, 0.1) is 18.7 Å². The van der Waals surface area contributed by atoms with Crippen molar-refractivity contribution in [1.82, 2.24) is 4.90 Å². The van der Waals surface area contributed by atoms with Crippen LogP contribution in [0.1, 0.15) is 54.8 Å². The molecule has 2 aliphatic heterocycles. The molecule has 0 aromatic heterocycles. The summed E-state index contributed by atoms with van der Waals surface area (Å²) in [6.07, 6.45) is 4.63. The highest BCUT2D eigenvalue weighted by Gasteiger charge is 2.36. The first-order valence-corrected chi connectivity index (χ1v) is 12.6. The number of piperidine rings is 1. The van der Waals surface area contributed by atoms with Gasteiger partial charge < -0.3 is 20.1 Å². The number of hydrogen-bond acceptors (Lipinski definition) is 5. The Labute approximate surface area is 208 Å². The van der Waals surface area contributed by atoms with Crippen LogP contribution in [0.3, 0.4) is 0 Å². The number of piperazine rings is 1. The smallest absolute Gasteiger partial charge is 0.217 e. The topological polar surface area (TPSA) is 68.0 Å². The second-order valence-corrected chi connectivity index (χ2v) is 9.83. The summed E-state index contributed by atoms with van der Waals surface area (Å²) in [5.41, 5.74) is 10.3. The summed E-state index contributed by atoms with van der Waals surface area (Å²) < 4.78 is 11.4. The largest absolute Gasteiger partial charge is 0.495 e. The Morgan fingerprint density at radius 3 is 2.71 bits per heavy atom. The van der Waals surface area contributed by atoms with E-state index in [1.807, 2.05) is 12.1 Å². The number of methoxy groups -OCH3 is 1. The number of nitrogens with zero attached hydrogens (tertiary/aromatic N) is 2. The average Bonchev–Trinajstić information content (AvgIpc) is 2.84. The van der Waals surface area contributed by atoms with Crippen molar-refractivity contribution in [1.29, 1.82) is 0 Å². The molecular weight excluding hydrogens is 450 g/mol. The number of carbonyl (C=O) groups excluding carboxylic acids is 1. The Morgan fingerprint density at radius 2 is 1.94 bits per heavy atom. The number of halogens is 1. The van der Waals surface area contributed by atoms with Crippen LogP contribution in [-0.2, 0) is 4.79 Å². The maximum absolute atomic E-state index is 11.0. The van der Waals surface area contributed by atoms with Gasteiger partial charge in [0.25, 0.3) is 0 Å². The van der Waals surface area contributed by atoms with Crippen LogP contribution in [0.25, 0.3) is 0 Å². The second kappa shape index (κ2) is 10.9. The number of carbonyl (C=O) groups is 1. The summed E-state index contributed by atoms with van der Waals surface area (Å²) in [6.45, 7) is 7.88. The van der Waals surface area contributed by atoms with Crippen LogP contribution in [0, 0.1) is 13.8 Å². The number of primary amides is 1. The number of fused-ring (bicyclic) bond motifs is 1. The van der Waals surface area contributed by atoms with Crippen molar-refractivity contribution in [2.24, 2.45) is 5.73 Å². The second-order valence-electron chi connectivity index (χ2n) is 9.42. The summed E-state index contributed by atoms with van der Waals surface area (Å²) in [5.74, 6) is 1.35. The highest BCUT2D eigenvalue weighted by atomic mass is 35.5. The minimum atomic E-state index is -0.283. The van der Waals surface area contributed by atoms with E-state index in [1.54, 1.807) is 7.11 Å². The molecule has 2 N–H and O–H groups in total. The van der Waals surface area contributed by atoms with E-state index >= 15 is 0 Å². The molecule has 2 saturated heterocycles. The van der Waals surface area contributed by atoms with E-state index in [2.05, 4.69) is 41.8 Å². The Bertz CT molecular complexity index is 1030. The lowest BCUT2D eigenvalue weighted by molar-refractivity contribution is -0.118. The van der Waals surface area contributed by atoms with E-state index in [9.17, 15) is 4.79 Å². The van der Waals surface area contributed by atoms with Gasteiger partial charge in [-0.25, -0.2) is 0 Å². The molecular formula is C27H36ClN3O3. The summed E-state index contributed by atoms with van der Waals surface area (Å²) >= 11 is 6.24. The molecule has 7 heteroatoms. The molecule has 2 heterocycles. The first-order chi connectivity index (χ1) is 16.4. The van der Waals surface area contributed by atoms with Gasteiger partial charge in [-0.1, -0.05) is 17.7 Å². The summed E-state index contributed by atoms with van der Waals surface area (Å²) in [5, 5.41) is 0.647. The van der Waals surface area contributed by atoms with E-state index in [0.717, 1.165) is 31.1 Å². The maximum atomic E-state index is 11.0. The van der Waals surface area contributed by atoms with Gasteiger partial charge in [-0.3, -0.25) is 9.69 Å². The van der Waals surface area contributed by atoms with Crippen molar-refractivity contribution in [2.75, 3.05) is 38.3 Å². The lowest BCUT2D eigenvalue weighted by Crippen LogP contribution is -2.56. The zero-order chi connectivity index (χ0) is 24.2. The zero-order valence-corrected chi connectivity index (χ0v) is 21.2. The predicted octanol–water partition coefficient (Wildman–Crippen LogP) is 5.03. The van der Waals surface area contributed by atoms with Crippen LogP contribution >= 0.6 is 11.6 Å². The van der Waals surface area contributed by atoms with Gasteiger partial charge in [0, 0.05) is 49.9 Å². The molecule has 184 valence electrons. The maximum Gasteiger partial charge on any atom is 0.217 e. The first kappa shape index (κ1) is 24.7. The van der Waals surface area contributed by atoms with E-state index < -0.39 is 0 Å². The lowest BCUT2D eigenvalue weighted by Gasteiger charge is -2.49. The number of hydrogen-bond donors (Lipinski definition) is 1. The molecule has 1 amide bonds. The summed E-state index contributed by atoms with van der Waals surface area (Å²) in [6, 6.07) is 11.4. The van der Waals surface area contributed by atoms with E-state index in [1.165, 1.54) is 41.6 Å². The summed E-state index contributed by atoms with van der Waals surface area (Å²) in [7, 11) is 1.66. The number of ether oxygens (including phenoxy) is 2. The monoisotopic (exact) mass is 485 g/mol. The van der Waals surface area contributed by atoms with E-state index in [4.69, 9.17) is 26.8 Å². The molecule has 0 bridgehead atoms. The fraction of sp³-hybridized carbons (Fsp3) is 0.519. The SMILES string of the molecule is COc1cc(N2CCN3[C@@H](CCC[C@@H]3c3ccc(OCCCC(N)=O)c(C)c3C)C2)ccc1Cl. The minimum Gasteiger partial charge on any atom is -0.495 e. The summed E-state index contributed by atoms with van der Waals surface area (Å²) in [4.78, 5) is 16.1. The van der Waals surface area contributed by atoms with Crippen LogP contribution in [0.2, 0.25) is 5.02 Å². The van der Waals surface area contributed by atoms with E-state index in [-0.39, 0.29) is 5.91 Å². The third-order valence-corrected chi connectivity index (χ3v) is 7.72. The fourth-order valence-electron chi connectivity index (χ4n) is 5.43. The minimum absolute atomic E-state index is 0.283. The Kier molecular flexibility index (Phi) is 7.89. The predicted molar refractivity (Wildman–Crippen MR) is 137 cm³/mol. The van der Waals surface area contributed by atoms with E-state index in [0.29, 0.717) is 36.6 Å². The van der Waals surface area contributed by atoms with Gasteiger partial charge in [0.15, 0.2) is 0 Å². The van der Waals surface area contributed by atoms with Crippen LogP contribution in [0.15, 0.2) is 30.3 Å². The molecule has 0 aliphatic carbocycles. The van der Waals surface area contributed by atoms with Crippen molar-refractivity contribution in [2.45, 2.75) is 58.0 Å². The Hall–Kier alpha value is -2.44. The molecule has 2 aromatic rings. The standard InChI is InChI=1S/C27H36ClN3O3/c1-18-19(2)25(34-15-5-8-27(29)32)12-10-22(18)24-7-4-6-21-17-30(13-14-31(21)24)20-9-11-23(28)26(16-20)33-3/h9-12,16,21,24H,4-8,13-15,17H2,1-3H3,(H2,29,32)/t21-,24+/m0/s1. The van der Waals surface area contributed by atoms with Crippen molar-refractivity contribution in [3.8, 4) is 11.5 Å². The molecule has 2 fully saturated rings. The highest BCUT2D eigenvalue weighted by molar-refractivity contribution is 6.32. The number of rotatable bonds is 8. The highest BCUT2D eigenvalue weighted by Crippen LogP contribution is 2.40. The van der Waals surface area contributed by atoms with Gasteiger partial charge in [-0.05, 0) is 74.4 Å². The third kappa shape index (κ3) is 5.28. The number of nitrogens with two attached hydrogens (primary N) is 1. The van der Waals surface area contributed by atoms with Gasteiger partial charge in [-0.15, -0.1) is 0 Å². The molecule has 34 heavy (non-hydrogen) atoms. The van der Waals surface area contributed by atoms with Gasteiger partial charge in [0.2, 0.25) is 5.91 Å². The van der Waals surface area contributed by atoms with Crippen LogP contribution in [0.5, 0.6) is 11.5 Å². The van der Waals surface area contributed by atoms with Crippen molar-refractivity contribution in [3.63, 3.8) is 0 Å². The van der Waals surface area contributed by atoms with Gasteiger partial charge in [-0.2, -0.15) is 0 Å². The number of amides is 1. The molecule has 0 unspecified atom stereocenters. The fourth-order valence-corrected chi connectivity index (χ4v) is 5.62. The molecule has 2 aromatic carbocycles. The molecule has 0 saturated carbocycles. The van der Waals surface area contributed by atoms with Crippen LogP contribution in [0.4, 0.5) is 5.69 Å². The van der Waals surface area contributed by atoms with Crippen LogP contribution < -0.4 is 20.1 Å². The Balaban J connectivity index is 1.46. The Morgan fingerprint density at radius 1 is 1.12 bits per heavy atom. The first-order valence-electron chi connectivity index (χ1n) is 12.2. The van der Waals surface area contributed by atoms with Crippen molar-refractivity contribution < 1.29 is 14.3 Å². The quantitative estimate of drug-likeness (QED) is 0.531. The van der Waals surface area contributed by atoms with Gasteiger partial charge >= 0.3 is 0 Å². The molecule has 0 spiro atoms. The normalized spacial score (nSPS) is 20.6.